The summed E-state index contributed by atoms with van der Waals surface area (Å²) in [4.78, 5) is 25.0. The summed E-state index contributed by atoms with van der Waals surface area (Å²) in [6.45, 7) is 3.26. The van der Waals surface area contributed by atoms with E-state index < -0.39 is 32.4 Å². The number of sulfone groups is 1. The Balaban J connectivity index is 2.17. The molecule has 9 nitrogen and oxygen atoms in total. The van der Waals surface area contributed by atoms with Gasteiger partial charge in [-0.1, -0.05) is 11.8 Å². The highest BCUT2D eigenvalue weighted by atomic mass is 32.2. The van der Waals surface area contributed by atoms with Crippen LogP contribution in [0.15, 0.2) is 24.3 Å². The predicted octanol–water partition coefficient (Wildman–Crippen LogP) is -0.132. The van der Waals surface area contributed by atoms with Crippen LogP contribution in [0, 0.1) is 29.6 Å². The molecule has 1 atom stereocenters. The summed E-state index contributed by atoms with van der Waals surface area (Å²) in [7, 11) is -3.84. The van der Waals surface area contributed by atoms with E-state index in [0.29, 0.717) is 25.2 Å². The summed E-state index contributed by atoms with van der Waals surface area (Å²) in [5, 5.41) is 20.2. The third kappa shape index (κ3) is 6.31. The maximum atomic E-state index is 12.9. The summed E-state index contributed by atoms with van der Waals surface area (Å²) >= 11 is 0. The number of hydroxylamine groups is 1. The lowest BCUT2D eigenvalue weighted by Crippen LogP contribution is -2.61. The second kappa shape index (κ2) is 11.1. The van der Waals surface area contributed by atoms with Gasteiger partial charge in [-0.3, -0.25) is 14.8 Å². The number of hydrogen-bond acceptors (Lipinski definition) is 7. The van der Waals surface area contributed by atoms with E-state index in [1.54, 1.807) is 12.1 Å². The zero-order valence-corrected chi connectivity index (χ0v) is 18.7. The van der Waals surface area contributed by atoms with Gasteiger partial charge in [-0.15, -0.1) is 0 Å². The van der Waals surface area contributed by atoms with E-state index in [9.17, 15) is 18.0 Å². The summed E-state index contributed by atoms with van der Waals surface area (Å²) in [5.74, 6) is 8.57. The van der Waals surface area contributed by atoms with Gasteiger partial charge in [0, 0.05) is 23.5 Å². The van der Waals surface area contributed by atoms with Crippen LogP contribution in [0.5, 0.6) is 0 Å². The van der Waals surface area contributed by atoms with E-state index in [4.69, 9.17) is 15.1 Å². The summed E-state index contributed by atoms with van der Waals surface area (Å²) in [6, 6.07) is 4.57. The van der Waals surface area contributed by atoms with Crippen molar-refractivity contribution >= 4 is 21.7 Å². The van der Waals surface area contributed by atoms with Gasteiger partial charge < -0.3 is 15.2 Å². The van der Waals surface area contributed by atoms with Crippen LogP contribution in [-0.4, -0.2) is 66.9 Å². The number of carbonyl (C=O) groups is 2. The smallest absolute Gasteiger partial charge is 0.267 e. The number of nitrogens with one attached hydrogen (secondary N) is 2. The van der Waals surface area contributed by atoms with Crippen LogP contribution >= 0.6 is 0 Å². The monoisotopic (exact) mass is 462 g/mol. The molecule has 0 radical (unpaired) electrons. The number of carbonyl (C=O) groups excluding carboxylic acids is 2. The van der Waals surface area contributed by atoms with Gasteiger partial charge in [0.15, 0.2) is 9.84 Å². The Bertz CT molecular complexity index is 1050. The van der Waals surface area contributed by atoms with Gasteiger partial charge >= 0.3 is 0 Å². The number of hydrogen-bond donors (Lipinski definition) is 4. The number of benzene rings is 1. The lowest BCUT2D eigenvalue weighted by atomic mass is 10.0. The van der Waals surface area contributed by atoms with Crippen molar-refractivity contribution in [2.24, 2.45) is 5.92 Å². The van der Waals surface area contributed by atoms with Gasteiger partial charge in [0.05, 0.1) is 30.3 Å². The molecule has 0 aliphatic carbocycles. The fraction of sp³-hybridized carbons (Fsp3) is 0.455. The molecule has 1 saturated heterocycles. The first-order valence-electron chi connectivity index (χ1n) is 9.87. The highest BCUT2D eigenvalue weighted by Crippen LogP contribution is 2.27. The first-order chi connectivity index (χ1) is 15.1. The second-order valence-electron chi connectivity index (χ2n) is 7.77. The zero-order chi connectivity index (χ0) is 23.8. The van der Waals surface area contributed by atoms with Crippen molar-refractivity contribution in [2.45, 2.75) is 31.1 Å². The molecule has 1 aromatic carbocycles. The van der Waals surface area contributed by atoms with E-state index in [2.05, 4.69) is 29.0 Å². The Morgan fingerprint density at radius 1 is 1.22 bits per heavy atom. The molecule has 2 amide bonds. The molecule has 2 rings (SSSR count). The van der Waals surface area contributed by atoms with Crippen LogP contribution in [0.3, 0.4) is 0 Å². The maximum Gasteiger partial charge on any atom is 0.267 e. The first-order valence-corrected chi connectivity index (χ1v) is 11.5. The molecule has 4 N–H and O–H groups in total. The fourth-order valence-electron chi connectivity index (χ4n) is 2.89. The Morgan fingerprint density at radius 2 is 1.88 bits per heavy atom. The normalized spacial score (nSPS) is 14.6. The van der Waals surface area contributed by atoms with Crippen molar-refractivity contribution in [3.63, 3.8) is 0 Å². The van der Waals surface area contributed by atoms with Gasteiger partial charge in [0.1, 0.15) is 6.04 Å². The maximum absolute atomic E-state index is 12.9. The molecule has 1 heterocycles. The van der Waals surface area contributed by atoms with E-state index in [0.717, 1.165) is 0 Å². The standard InChI is InChI=1S/C22H26N2O7S/c1-22(2,32(29,30)15-17-13-31-14-17)19(21(27)24-28)23-20(26)18-10-8-16(9-11-18)7-5-3-4-6-12-25/h8-11,17,19,25,28H,6,12-15H2,1-2H3,(H,23,26)(H,24,27)/t19-/m1/s1. The molecule has 0 spiro atoms. The fourth-order valence-corrected chi connectivity index (χ4v) is 4.66. The van der Waals surface area contributed by atoms with Crippen molar-refractivity contribution in [3.8, 4) is 23.7 Å². The predicted molar refractivity (Wildman–Crippen MR) is 116 cm³/mol. The Hall–Kier alpha value is -2.89. The third-order valence-corrected chi connectivity index (χ3v) is 7.80. The number of aliphatic hydroxyl groups is 1. The molecule has 0 saturated carbocycles. The topological polar surface area (TPSA) is 142 Å². The number of amides is 2. The van der Waals surface area contributed by atoms with Crippen LogP contribution in [0.25, 0.3) is 0 Å². The van der Waals surface area contributed by atoms with Gasteiger partial charge in [0.25, 0.3) is 11.8 Å². The van der Waals surface area contributed by atoms with Crippen LogP contribution in [-0.2, 0) is 19.4 Å². The molecule has 0 unspecified atom stereocenters. The lowest BCUT2D eigenvalue weighted by molar-refractivity contribution is -0.131. The van der Waals surface area contributed by atoms with Gasteiger partial charge in [0.2, 0.25) is 0 Å². The van der Waals surface area contributed by atoms with E-state index >= 15 is 0 Å². The first kappa shape index (κ1) is 25.4. The Morgan fingerprint density at radius 3 is 2.41 bits per heavy atom. The molecule has 1 aliphatic heterocycles. The second-order valence-corrected chi connectivity index (χ2v) is 10.4. The molecular formula is C22H26N2O7S. The van der Waals surface area contributed by atoms with Crippen molar-refractivity contribution in [2.75, 3.05) is 25.6 Å². The van der Waals surface area contributed by atoms with Crippen LogP contribution in [0.1, 0.15) is 36.2 Å². The highest BCUT2D eigenvalue weighted by Gasteiger charge is 2.47. The summed E-state index contributed by atoms with van der Waals surface area (Å²) in [5.41, 5.74) is 2.21. The number of ether oxygens (including phenoxy) is 1. The van der Waals surface area contributed by atoms with Gasteiger partial charge in [-0.2, -0.15) is 0 Å². The minimum Gasteiger partial charge on any atom is -0.395 e. The highest BCUT2D eigenvalue weighted by molar-refractivity contribution is 7.92. The molecule has 0 aromatic heterocycles. The Kier molecular flexibility index (Phi) is 8.81. The van der Waals surface area contributed by atoms with Crippen LogP contribution in [0.4, 0.5) is 0 Å². The molecule has 1 fully saturated rings. The zero-order valence-electron chi connectivity index (χ0n) is 17.8. The summed E-state index contributed by atoms with van der Waals surface area (Å²) < 4.78 is 29.2. The third-order valence-electron chi connectivity index (χ3n) is 5.05. The molecule has 1 aromatic rings. The largest absolute Gasteiger partial charge is 0.395 e. The number of aliphatic hydroxyl groups excluding tert-OH is 1. The van der Waals surface area contributed by atoms with Gasteiger partial charge in [-0.05, 0) is 50.0 Å². The average molecular weight is 463 g/mol. The molecule has 172 valence electrons. The van der Waals surface area contributed by atoms with E-state index in [1.165, 1.54) is 31.5 Å². The quantitative estimate of drug-likeness (QED) is 0.239. The van der Waals surface area contributed by atoms with Crippen molar-refractivity contribution < 1.29 is 33.1 Å². The SMILES string of the molecule is CC(C)([C@H](NC(=O)c1ccc(C#CC#CCCO)cc1)C(=O)NO)S(=O)(=O)CC1COC1. The van der Waals surface area contributed by atoms with E-state index in [-0.39, 0.29) is 23.8 Å². The van der Waals surface area contributed by atoms with Crippen molar-refractivity contribution in [1.29, 1.82) is 0 Å². The molecule has 10 heteroatoms. The van der Waals surface area contributed by atoms with Crippen molar-refractivity contribution in [1.82, 2.24) is 10.8 Å². The lowest BCUT2D eigenvalue weighted by Gasteiger charge is -2.35. The molecular weight excluding hydrogens is 436 g/mol. The minimum absolute atomic E-state index is 0.0408. The molecule has 1 aliphatic rings. The Labute approximate surface area is 187 Å². The minimum atomic E-state index is -3.84. The van der Waals surface area contributed by atoms with Crippen LogP contribution in [0.2, 0.25) is 0 Å². The van der Waals surface area contributed by atoms with E-state index in [1.807, 2.05) is 0 Å². The van der Waals surface area contributed by atoms with Gasteiger partial charge in [-0.25, -0.2) is 13.9 Å². The summed E-state index contributed by atoms with van der Waals surface area (Å²) in [6.07, 6.45) is 0.330. The van der Waals surface area contributed by atoms with Crippen molar-refractivity contribution in [3.05, 3.63) is 35.4 Å². The number of rotatable bonds is 8. The van der Waals surface area contributed by atoms with Crippen LogP contribution < -0.4 is 10.8 Å². The average Bonchev–Trinajstić information content (AvgIpc) is 2.74. The molecule has 32 heavy (non-hydrogen) atoms. The molecule has 0 bridgehead atoms.